The molecular weight excluding hydrogens is 588 g/mol. The van der Waals surface area contributed by atoms with Crippen LogP contribution in [0.4, 0.5) is 0 Å². The third-order valence-electron chi connectivity index (χ3n) is 9.76. The predicted octanol–water partition coefficient (Wildman–Crippen LogP) is 12.2. The molecule has 0 amide bonds. The average molecular weight is 657 g/mol. The van der Waals surface area contributed by atoms with E-state index in [0.29, 0.717) is 17.2 Å². The van der Waals surface area contributed by atoms with E-state index in [-0.39, 0.29) is 38.4 Å². The summed E-state index contributed by atoms with van der Waals surface area (Å²) in [6, 6.07) is 13.3. The molecule has 3 nitrogen and oxygen atoms in total. The van der Waals surface area contributed by atoms with Gasteiger partial charge in [0.15, 0.2) is 0 Å². The maximum absolute atomic E-state index is 11.7. The average Bonchev–Trinajstić information content (AvgIpc) is 2.86. The maximum atomic E-state index is 11.7. The Bertz CT molecular complexity index is 1440. The molecule has 48 heavy (non-hydrogen) atoms. The fraction of sp³-hybridized carbons (Fsp3) is 0.600. The molecule has 0 heterocycles. The Morgan fingerprint density at radius 3 is 0.729 bits per heavy atom. The molecule has 3 aromatic carbocycles. The summed E-state index contributed by atoms with van der Waals surface area (Å²) >= 11 is 0. The molecule has 0 radical (unpaired) electrons. The highest BCUT2D eigenvalue weighted by atomic mass is 16.3. The van der Waals surface area contributed by atoms with Crippen molar-refractivity contribution in [2.45, 2.75) is 176 Å². The first-order valence-electron chi connectivity index (χ1n) is 17.9. The van der Waals surface area contributed by atoms with Crippen LogP contribution in [0.3, 0.4) is 0 Å². The maximum Gasteiger partial charge on any atom is 0.123 e. The number of aromatic hydroxyl groups is 3. The van der Waals surface area contributed by atoms with Gasteiger partial charge < -0.3 is 15.3 Å². The molecule has 0 aliphatic heterocycles. The number of hydrogen-bond donors (Lipinski definition) is 3. The highest BCUT2D eigenvalue weighted by molar-refractivity contribution is 5.54. The van der Waals surface area contributed by atoms with Crippen molar-refractivity contribution in [3.05, 3.63) is 86.5 Å². The van der Waals surface area contributed by atoms with Gasteiger partial charge in [-0.2, -0.15) is 0 Å². The fourth-order valence-electron chi connectivity index (χ4n) is 6.82. The summed E-state index contributed by atoms with van der Waals surface area (Å²) in [7, 11) is 0. The molecule has 0 unspecified atom stereocenters. The second-order valence-corrected chi connectivity index (χ2v) is 20.6. The van der Waals surface area contributed by atoms with E-state index in [2.05, 4.69) is 161 Å². The Balaban J connectivity index is 2.44. The topological polar surface area (TPSA) is 60.7 Å². The van der Waals surface area contributed by atoms with Crippen molar-refractivity contribution in [1.29, 1.82) is 0 Å². The molecule has 266 valence electrons. The van der Waals surface area contributed by atoms with Gasteiger partial charge in [-0.05, 0) is 101 Å². The summed E-state index contributed by atoms with van der Waals surface area (Å²) in [5.74, 6) is 1.26. The summed E-state index contributed by atoms with van der Waals surface area (Å²) in [5, 5.41) is 34.7. The van der Waals surface area contributed by atoms with Crippen LogP contribution in [0.2, 0.25) is 0 Å². The standard InChI is InChI=1S/C45H68O3/c1-40(2,3)31-21-27(22-32(37(31)46)41(4,5)6)19-29(30-25-35(44(13,14)15)39(48)36(26-30)45(16,17)18)20-28-23-33(42(7,8)9)38(47)34(24-28)43(10,11)12/h21-26,29,46-48H,19-20H2,1-18H3. The zero-order valence-corrected chi connectivity index (χ0v) is 33.8. The van der Waals surface area contributed by atoms with Crippen LogP contribution in [-0.2, 0) is 45.3 Å². The third kappa shape index (κ3) is 8.80. The van der Waals surface area contributed by atoms with Crippen molar-refractivity contribution in [2.24, 2.45) is 0 Å². The van der Waals surface area contributed by atoms with E-state index in [1.807, 2.05) is 0 Å². The summed E-state index contributed by atoms with van der Waals surface area (Å²) in [6.45, 7) is 39.0. The van der Waals surface area contributed by atoms with Gasteiger partial charge in [-0.1, -0.05) is 161 Å². The van der Waals surface area contributed by atoms with E-state index < -0.39 is 0 Å². The molecule has 0 saturated carbocycles. The lowest BCUT2D eigenvalue weighted by atomic mass is 9.73. The van der Waals surface area contributed by atoms with E-state index in [1.165, 1.54) is 16.7 Å². The van der Waals surface area contributed by atoms with Crippen LogP contribution in [-0.4, -0.2) is 15.3 Å². The van der Waals surface area contributed by atoms with Crippen molar-refractivity contribution in [1.82, 2.24) is 0 Å². The molecule has 3 aromatic rings. The van der Waals surface area contributed by atoms with Gasteiger partial charge in [0, 0.05) is 0 Å². The third-order valence-corrected chi connectivity index (χ3v) is 9.76. The Morgan fingerprint density at radius 1 is 0.354 bits per heavy atom. The first-order valence-corrected chi connectivity index (χ1v) is 17.9. The second-order valence-electron chi connectivity index (χ2n) is 20.6. The van der Waals surface area contributed by atoms with Gasteiger partial charge in [0.2, 0.25) is 0 Å². The summed E-state index contributed by atoms with van der Waals surface area (Å²) in [5.41, 5.74) is 7.97. The normalized spacial score (nSPS) is 13.8. The van der Waals surface area contributed by atoms with E-state index >= 15 is 0 Å². The lowest BCUT2D eigenvalue weighted by Crippen LogP contribution is -2.21. The van der Waals surface area contributed by atoms with Gasteiger partial charge in [0.25, 0.3) is 0 Å². The van der Waals surface area contributed by atoms with Crippen LogP contribution in [0.25, 0.3) is 0 Å². The molecule has 0 atom stereocenters. The van der Waals surface area contributed by atoms with E-state index in [0.717, 1.165) is 46.2 Å². The Kier molecular flexibility index (Phi) is 10.5. The van der Waals surface area contributed by atoms with Gasteiger partial charge in [-0.15, -0.1) is 0 Å². The molecule has 0 aliphatic carbocycles. The molecule has 0 bridgehead atoms. The van der Waals surface area contributed by atoms with Gasteiger partial charge in [-0.3, -0.25) is 0 Å². The van der Waals surface area contributed by atoms with Crippen LogP contribution in [0.15, 0.2) is 36.4 Å². The first kappa shape index (κ1) is 39.5. The molecular formula is C45H68O3. The molecule has 3 rings (SSSR count). The minimum atomic E-state index is -0.251. The minimum Gasteiger partial charge on any atom is -0.507 e. The minimum absolute atomic E-state index is 0.0724. The zero-order valence-electron chi connectivity index (χ0n) is 33.8. The molecule has 0 saturated heterocycles. The zero-order chi connectivity index (χ0) is 37.2. The largest absolute Gasteiger partial charge is 0.507 e. The lowest BCUT2D eigenvalue weighted by Gasteiger charge is -2.32. The lowest BCUT2D eigenvalue weighted by molar-refractivity contribution is 0.419. The second kappa shape index (κ2) is 12.7. The Hall–Kier alpha value is -2.94. The summed E-state index contributed by atoms with van der Waals surface area (Å²) in [4.78, 5) is 0. The van der Waals surface area contributed by atoms with E-state index in [1.54, 1.807) is 0 Å². The molecule has 0 fully saturated rings. The molecule has 0 aliphatic rings. The van der Waals surface area contributed by atoms with Crippen molar-refractivity contribution in [2.75, 3.05) is 0 Å². The van der Waals surface area contributed by atoms with Crippen LogP contribution < -0.4 is 0 Å². The monoisotopic (exact) mass is 657 g/mol. The van der Waals surface area contributed by atoms with Crippen LogP contribution >= 0.6 is 0 Å². The smallest absolute Gasteiger partial charge is 0.123 e. The molecule has 3 N–H and O–H groups in total. The fourth-order valence-corrected chi connectivity index (χ4v) is 6.82. The highest BCUT2D eigenvalue weighted by Crippen LogP contribution is 2.45. The van der Waals surface area contributed by atoms with Crippen LogP contribution in [0, 0.1) is 0 Å². The van der Waals surface area contributed by atoms with Crippen molar-refractivity contribution in [3.8, 4) is 17.2 Å². The highest BCUT2D eigenvalue weighted by Gasteiger charge is 2.32. The first-order chi connectivity index (χ1) is 21.3. The van der Waals surface area contributed by atoms with Crippen molar-refractivity contribution in [3.63, 3.8) is 0 Å². The molecule has 0 spiro atoms. The SMILES string of the molecule is CC(C)(C)c1cc(CC(Cc2cc(C(C)(C)C)c(O)c(C(C)(C)C)c2)c2cc(C(C)(C)C)c(O)c(C(C)(C)C)c2)cc(C(C)(C)C)c1O. The summed E-state index contributed by atoms with van der Waals surface area (Å²) < 4.78 is 0. The number of benzene rings is 3. The van der Waals surface area contributed by atoms with E-state index in [4.69, 9.17) is 0 Å². The number of phenols is 3. The van der Waals surface area contributed by atoms with Crippen LogP contribution in [0.5, 0.6) is 17.2 Å². The number of rotatable bonds is 5. The Morgan fingerprint density at radius 2 is 0.542 bits per heavy atom. The number of phenolic OH excluding ortho intramolecular Hbond substituents is 3. The molecule has 0 aromatic heterocycles. The van der Waals surface area contributed by atoms with Gasteiger partial charge in [0.05, 0.1) is 0 Å². The van der Waals surface area contributed by atoms with Crippen molar-refractivity contribution >= 4 is 0 Å². The van der Waals surface area contributed by atoms with Gasteiger partial charge >= 0.3 is 0 Å². The molecule has 3 heteroatoms. The van der Waals surface area contributed by atoms with Gasteiger partial charge in [0.1, 0.15) is 17.2 Å². The number of hydrogen-bond acceptors (Lipinski definition) is 3. The Labute approximate surface area is 294 Å². The van der Waals surface area contributed by atoms with E-state index in [9.17, 15) is 15.3 Å². The van der Waals surface area contributed by atoms with Gasteiger partial charge in [-0.25, -0.2) is 0 Å². The quantitative estimate of drug-likeness (QED) is 0.256. The predicted molar refractivity (Wildman–Crippen MR) is 207 cm³/mol. The van der Waals surface area contributed by atoms with Crippen molar-refractivity contribution < 1.29 is 15.3 Å². The van der Waals surface area contributed by atoms with Crippen LogP contribution in [0.1, 0.15) is 181 Å². The summed E-state index contributed by atoms with van der Waals surface area (Å²) in [6.07, 6.45) is 1.53.